The number of nitrogens with one attached hydrogen (secondary N) is 1. The minimum absolute atomic E-state index is 0.0304. The second-order valence-electron chi connectivity index (χ2n) is 6.47. The Bertz CT molecular complexity index is 822. The highest BCUT2D eigenvalue weighted by Gasteiger charge is 2.30. The summed E-state index contributed by atoms with van der Waals surface area (Å²) in [5.41, 5.74) is 1.63. The summed E-state index contributed by atoms with van der Waals surface area (Å²) in [6, 6.07) is 1.91. The Morgan fingerprint density at radius 1 is 1.42 bits per heavy atom. The molecule has 3 heterocycles. The maximum absolute atomic E-state index is 15.0. The lowest BCUT2D eigenvalue weighted by molar-refractivity contribution is -0.114. The van der Waals surface area contributed by atoms with Gasteiger partial charge >= 0.3 is 0 Å². The van der Waals surface area contributed by atoms with Crippen molar-refractivity contribution in [3.05, 3.63) is 23.3 Å². The van der Waals surface area contributed by atoms with Crippen LogP contribution in [0.5, 0.6) is 0 Å². The molecule has 9 heteroatoms. The highest BCUT2D eigenvalue weighted by molar-refractivity contribution is 5.88. The van der Waals surface area contributed by atoms with E-state index in [0.29, 0.717) is 13.2 Å². The van der Waals surface area contributed by atoms with Gasteiger partial charge in [-0.05, 0) is 32.8 Å². The van der Waals surface area contributed by atoms with E-state index < -0.39 is 11.7 Å². The maximum atomic E-state index is 15.0. The third-order valence-corrected chi connectivity index (χ3v) is 4.32. The summed E-state index contributed by atoms with van der Waals surface area (Å²) in [5.74, 6) is -0.811. The third-order valence-electron chi connectivity index (χ3n) is 4.32. The molecule has 1 aliphatic heterocycles. The molecule has 2 aromatic rings. The molecule has 0 bridgehead atoms. The van der Waals surface area contributed by atoms with Crippen molar-refractivity contribution in [2.45, 2.75) is 39.7 Å². The van der Waals surface area contributed by atoms with Crippen LogP contribution >= 0.6 is 0 Å². The van der Waals surface area contributed by atoms with Crippen molar-refractivity contribution in [3.63, 3.8) is 0 Å². The molecule has 140 valence electrons. The molecule has 2 aromatic heterocycles. The van der Waals surface area contributed by atoms with Gasteiger partial charge in [-0.3, -0.25) is 4.79 Å². The normalized spacial score (nSPS) is 17.0. The van der Waals surface area contributed by atoms with E-state index in [0.717, 1.165) is 24.2 Å². The second-order valence-corrected chi connectivity index (χ2v) is 6.47. The number of aryl methyl sites for hydroxylation is 2. The van der Waals surface area contributed by atoms with Crippen LogP contribution in [0.2, 0.25) is 0 Å². The van der Waals surface area contributed by atoms with Gasteiger partial charge in [0.1, 0.15) is 0 Å². The predicted octanol–water partition coefficient (Wildman–Crippen LogP) is 1.99. The van der Waals surface area contributed by atoms with Crippen molar-refractivity contribution >= 4 is 17.5 Å². The first-order valence-electron chi connectivity index (χ1n) is 8.55. The largest absolute Gasteiger partial charge is 0.383 e. The highest BCUT2D eigenvalue weighted by atomic mass is 19.1. The number of aromatic nitrogens is 4. The number of rotatable bonds is 5. The number of carbonyl (C=O) groups is 1. The molecule has 0 spiro atoms. The van der Waals surface area contributed by atoms with Gasteiger partial charge in [-0.25, -0.2) is 4.68 Å². The molecule has 8 nitrogen and oxygen atoms in total. The first-order valence-corrected chi connectivity index (χ1v) is 8.55. The van der Waals surface area contributed by atoms with Crippen LogP contribution in [0.3, 0.4) is 0 Å². The van der Waals surface area contributed by atoms with E-state index in [4.69, 9.17) is 4.74 Å². The van der Waals surface area contributed by atoms with E-state index in [1.54, 1.807) is 11.8 Å². The lowest BCUT2D eigenvalue weighted by Gasteiger charge is -2.26. The number of methoxy groups -OCH3 is 1. The van der Waals surface area contributed by atoms with Crippen LogP contribution in [0, 0.1) is 19.7 Å². The summed E-state index contributed by atoms with van der Waals surface area (Å²) in [4.78, 5) is 22.0. The highest BCUT2D eigenvalue weighted by Crippen LogP contribution is 2.30. The van der Waals surface area contributed by atoms with Gasteiger partial charge in [0, 0.05) is 26.3 Å². The summed E-state index contributed by atoms with van der Waals surface area (Å²) in [5, 5.41) is 6.82. The minimum atomic E-state index is -0.645. The standard InChI is InChI=1S/C17H23FN6O2/c1-10-8-11(2)24(22-10)17-20-15(19-12(3)25)14(18)16(21-17)23-7-5-6-13(23)9-26-4/h8,13H,5-7,9H2,1-4H3,(H,19,20,21,25)/t13-/m1/s1. The summed E-state index contributed by atoms with van der Waals surface area (Å²) in [7, 11) is 1.62. The van der Waals surface area contributed by atoms with Gasteiger partial charge in [-0.1, -0.05) is 0 Å². The van der Waals surface area contributed by atoms with Crippen molar-refractivity contribution in [1.82, 2.24) is 19.7 Å². The number of hydrogen-bond donors (Lipinski definition) is 1. The Kier molecular flexibility index (Phi) is 5.17. The number of nitrogens with zero attached hydrogens (tertiary/aromatic N) is 5. The zero-order valence-corrected chi connectivity index (χ0v) is 15.4. The molecule has 0 unspecified atom stereocenters. The van der Waals surface area contributed by atoms with Crippen LogP contribution in [0.25, 0.3) is 5.95 Å². The van der Waals surface area contributed by atoms with Crippen LogP contribution < -0.4 is 10.2 Å². The lowest BCUT2D eigenvalue weighted by Crippen LogP contribution is -2.35. The molecule has 0 radical (unpaired) electrons. The molecule has 1 saturated heterocycles. The van der Waals surface area contributed by atoms with Gasteiger partial charge in [-0.15, -0.1) is 0 Å². The summed E-state index contributed by atoms with van der Waals surface area (Å²) in [6.07, 6.45) is 1.81. The molecule has 1 fully saturated rings. The Hall–Kier alpha value is -2.55. The van der Waals surface area contributed by atoms with Crippen molar-refractivity contribution < 1.29 is 13.9 Å². The zero-order chi connectivity index (χ0) is 18.8. The number of anilines is 2. The van der Waals surface area contributed by atoms with Crippen LogP contribution in [0.1, 0.15) is 31.2 Å². The summed E-state index contributed by atoms with van der Waals surface area (Å²) < 4.78 is 21.8. The van der Waals surface area contributed by atoms with Crippen LogP contribution in [0.15, 0.2) is 6.07 Å². The minimum Gasteiger partial charge on any atom is -0.383 e. The predicted molar refractivity (Wildman–Crippen MR) is 95.1 cm³/mol. The average molecular weight is 362 g/mol. The zero-order valence-electron chi connectivity index (χ0n) is 15.4. The molecule has 0 saturated carbocycles. The number of ether oxygens (including phenoxy) is 1. The molecular weight excluding hydrogens is 339 g/mol. The van der Waals surface area contributed by atoms with Crippen LogP contribution in [-0.4, -0.2) is 52.0 Å². The number of halogens is 1. The second kappa shape index (κ2) is 7.36. The molecule has 26 heavy (non-hydrogen) atoms. The van der Waals surface area contributed by atoms with Crippen molar-refractivity contribution in [1.29, 1.82) is 0 Å². The maximum Gasteiger partial charge on any atom is 0.254 e. The fourth-order valence-corrected chi connectivity index (χ4v) is 3.27. The monoisotopic (exact) mass is 362 g/mol. The first kappa shape index (κ1) is 18.2. The van der Waals surface area contributed by atoms with E-state index in [2.05, 4.69) is 20.4 Å². The van der Waals surface area contributed by atoms with Gasteiger partial charge in [-0.2, -0.15) is 19.5 Å². The number of hydrogen-bond acceptors (Lipinski definition) is 6. The van der Waals surface area contributed by atoms with Gasteiger partial charge in [0.25, 0.3) is 5.95 Å². The molecule has 0 aromatic carbocycles. The molecule has 1 amide bonds. The van der Waals surface area contributed by atoms with E-state index in [-0.39, 0.29) is 23.6 Å². The SMILES string of the molecule is COC[C@H]1CCCN1c1nc(-n2nc(C)cc2C)nc(NC(C)=O)c1F. The molecular formula is C17H23FN6O2. The lowest BCUT2D eigenvalue weighted by atomic mass is 10.2. The summed E-state index contributed by atoms with van der Waals surface area (Å²) in [6.45, 7) is 6.19. The topological polar surface area (TPSA) is 85.2 Å². The Morgan fingerprint density at radius 2 is 2.19 bits per heavy atom. The van der Waals surface area contributed by atoms with Crippen LogP contribution in [-0.2, 0) is 9.53 Å². The smallest absolute Gasteiger partial charge is 0.254 e. The van der Waals surface area contributed by atoms with Gasteiger partial charge in [0.05, 0.1) is 18.3 Å². The van der Waals surface area contributed by atoms with Crippen LogP contribution in [0.4, 0.5) is 16.0 Å². The molecule has 0 aliphatic carbocycles. The quantitative estimate of drug-likeness (QED) is 0.876. The van der Waals surface area contributed by atoms with E-state index >= 15 is 4.39 Å². The van der Waals surface area contributed by atoms with E-state index in [1.807, 2.05) is 24.8 Å². The fraction of sp³-hybridized carbons (Fsp3) is 0.529. The average Bonchev–Trinajstić information content (AvgIpc) is 3.15. The summed E-state index contributed by atoms with van der Waals surface area (Å²) >= 11 is 0. The van der Waals surface area contributed by atoms with Crippen molar-refractivity contribution in [2.24, 2.45) is 0 Å². The van der Waals surface area contributed by atoms with Crippen molar-refractivity contribution in [3.8, 4) is 5.95 Å². The number of carbonyl (C=O) groups excluding carboxylic acids is 1. The van der Waals surface area contributed by atoms with Gasteiger partial charge in [0.15, 0.2) is 11.6 Å². The molecule has 3 rings (SSSR count). The molecule has 1 N–H and O–H groups in total. The Balaban J connectivity index is 2.11. The Labute approximate surface area is 151 Å². The van der Waals surface area contributed by atoms with Gasteiger partial charge < -0.3 is 15.0 Å². The number of amides is 1. The molecule has 1 atom stereocenters. The first-order chi connectivity index (χ1) is 12.4. The fourth-order valence-electron chi connectivity index (χ4n) is 3.27. The third kappa shape index (κ3) is 3.52. The van der Waals surface area contributed by atoms with E-state index in [9.17, 15) is 4.79 Å². The van der Waals surface area contributed by atoms with E-state index in [1.165, 1.54) is 6.92 Å². The Morgan fingerprint density at radius 3 is 2.81 bits per heavy atom. The molecule has 1 aliphatic rings. The van der Waals surface area contributed by atoms with Gasteiger partial charge in [0.2, 0.25) is 11.7 Å². The van der Waals surface area contributed by atoms with Crippen molar-refractivity contribution in [2.75, 3.05) is 30.5 Å².